The summed E-state index contributed by atoms with van der Waals surface area (Å²) in [5, 5.41) is 8.33. The van der Waals surface area contributed by atoms with Crippen LogP contribution < -0.4 is 15.6 Å². The van der Waals surface area contributed by atoms with Gasteiger partial charge in [-0.1, -0.05) is 97.1 Å². The second-order valence-electron chi connectivity index (χ2n) is 8.92. The van der Waals surface area contributed by atoms with Crippen LogP contribution in [-0.2, 0) is 6.04 Å². The Kier molecular flexibility index (Phi) is 3.59. The van der Waals surface area contributed by atoms with Crippen molar-refractivity contribution in [2.24, 2.45) is 0 Å². The summed E-state index contributed by atoms with van der Waals surface area (Å²) in [6.45, 7) is 2.25. The summed E-state index contributed by atoms with van der Waals surface area (Å²) >= 11 is 0. The molecule has 0 unspecified atom stereocenters. The summed E-state index contributed by atoms with van der Waals surface area (Å²) in [4.78, 5) is 4.97. The molecule has 0 spiro atoms. The molecule has 0 radical (unpaired) electrons. The Hall–Kier alpha value is -3.69. The fourth-order valence-corrected chi connectivity index (χ4v) is 10.8. The third kappa shape index (κ3) is 2.16. The van der Waals surface area contributed by atoms with Crippen LogP contribution in [0.1, 0.15) is 11.3 Å². The average molecular weight is 427 g/mol. The fourth-order valence-electron chi connectivity index (χ4n) is 5.95. The van der Waals surface area contributed by atoms with E-state index in [0.717, 1.165) is 11.7 Å². The van der Waals surface area contributed by atoms with Crippen LogP contribution in [0.2, 0.25) is 0 Å². The normalized spacial score (nSPS) is 14.5. The Labute approximate surface area is 187 Å². The van der Waals surface area contributed by atoms with E-state index in [-0.39, 0.29) is 0 Å². The molecule has 152 valence electrons. The maximum absolute atomic E-state index is 4.97. The van der Waals surface area contributed by atoms with Crippen molar-refractivity contribution in [1.82, 2.24) is 9.38 Å². The summed E-state index contributed by atoms with van der Waals surface area (Å²) < 4.78 is 2.46. The number of pyridine rings is 1. The van der Waals surface area contributed by atoms with Gasteiger partial charge < -0.3 is 0 Å². The molecular formula is C29H22N2Si. The molecular weight excluding hydrogens is 404 g/mol. The van der Waals surface area contributed by atoms with Crippen molar-refractivity contribution in [2.75, 3.05) is 0 Å². The summed E-state index contributed by atoms with van der Waals surface area (Å²) in [7, 11) is -2.30. The van der Waals surface area contributed by atoms with Gasteiger partial charge in [0.1, 0.15) is 5.65 Å². The summed E-state index contributed by atoms with van der Waals surface area (Å²) in [5.41, 5.74) is 5.09. The maximum atomic E-state index is 4.97. The number of aryl methyl sites for hydroxylation is 1. The monoisotopic (exact) mass is 426 g/mol. The van der Waals surface area contributed by atoms with E-state index in [9.17, 15) is 0 Å². The Morgan fingerprint density at radius 3 is 2.03 bits per heavy atom. The molecule has 6 aromatic rings. The molecule has 2 aromatic heterocycles. The zero-order chi connectivity index (χ0) is 21.3. The minimum absolute atomic E-state index is 1.02. The van der Waals surface area contributed by atoms with E-state index in [2.05, 4.69) is 115 Å². The van der Waals surface area contributed by atoms with Gasteiger partial charge in [0.05, 0.1) is 5.52 Å². The van der Waals surface area contributed by atoms with Crippen LogP contribution in [0.5, 0.6) is 0 Å². The van der Waals surface area contributed by atoms with Crippen LogP contribution >= 0.6 is 0 Å². The number of fused-ring (bicyclic) bond motifs is 3. The molecule has 0 aliphatic carbocycles. The smallest absolute Gasteiger partial charge is 0.156 e. The van der Waals surface area contributed by atoms with Crippen molar-refractivity contribution in [1.29, 1.82) is 0 Å². The lowest BCUT2D eigenvalue weighted by Crippen LogP contribution is -2.70. The first-order valence-electron chi connectivity index (χ1n) is 11.2. The van der Waals surface area contributed by atoms with Crippen LogP contribution in [0.15, 0.2) is 103 Å². The van der Waals surface area contributed by atoms with Crippen molar-refractivity contribution >= 4 is 51.0 Å². The zero-order valence-electron chi connectivity index (χ0n) is 17.9. The molecule has 0 fully saturated rings. The first kappa shape index (κ1) is 17.9. The molecule has 0 bridgehead atoms. The number of hydrogen-bond acceptors (Lipinski definition) is 1. The summed E-state index contributed by atoms with van der Waals surface area (Å²) in [5.74, 6) is 0. The van der Waals surface area contributed by atoms with Crippen molar-refractivity contribution < 1.29 is 0 Å². The Morgan fingerprint density at radius 1 is 0.719 bits per heavy atom. The predicted molar refractivity (Wildman–Crippen MR) is 136 cm³/mol. The van der Waals surface area contributed by atoms with Gasteiger partial charge in [0.25, 0.3) is 0 Å². The number of rotatable bonds is 2. The van der Waals surface area contributed by atoms with Crippen molar-refractivity contribution in [3.8, 4) is 0 Å². The summed E-state index contributed by atoms with van der Waals surface area (Å²) in [6.07, 6.45) is 2.13. The Bertz CT molecular complexity index is 1610. The van der Waals surface area contributed by atoms with Gasteiger partial charge >= 0.3 is 0 Å². The van der Waals surface area contributed by atoms with E-state index in [1.54, 1.807) is 0 Å². The average Bonchev–Trinajstić information content (AvgIpc) is 3.29. The number of benzene rings is 4. The second-order valence-corrected chi connectivity index (χ2v) is 12.8. The highest BCUT2D eigenvalue weighted by atomic mass is 28.3. The standard InChI is InChI=1S/C29H22N2Si/c1-20-16-17-26-28-27(20)24-14-8-9-15-25(24)29-30-18-21(31(28)29)19-32(26,22-10-4-2-5-11-22)23-12-6-3-7-13-23/h2-18H,19H2,1H3. The molecule has 1 aliphatic heterocycles. The van der Waals surface area contributed by atoms with E-state index in [4.69, 9.17) is 4.98 Å². The molecule has 0 saturated heterocycles. The Balaban J connectivity index is 1.75. The molecule has 3 heteroatoms. The number of nitrogens with zero attached hydrogens (tertiary/aromatic N) is 2. The van der Waals surface area contributed by atoms with E-state index < -0.39 is 8.07 Å². The lowest BCUT2D eigenvalue weighted by molar-refractivity contribution is 1.11. The lowest BCUT2D eigenvalue weighted by atomic mass is 10.0. The first-order chi connectivity index (χ1) is 15.8. The van der Waals surface area contributed by atoms with E-state index in [1.807, 2.05) is 0 Å². The second kappa shape index (κ2) is 6.41. The molecule has 0 saturated carbocycles. The predicted octanol–water partition coefficient (Wildman–Crippen LogP) is 4.51. The van der Waals surface area contributed by atoms with Gasteiger partial charge in [-0.25, -0.2) is 4.98 Å². The van der Waals surface area contributed by atoms with Gasteiger partial charge in [-0.2, -0.15) is 0 Å². The van der Waals surface area contributed by atoms with E-state index >= 15 is 0 Å². The highest BCUT2D eigenvalue weighted by molar-refractivity contribution is 7.12. The first-order valence-corrected chi connectivity index (χ1v) is 13.4. The van der Waals surface area contributed by atoms with E-state index in [1.165, 1.54) is 48.5 Å². The van der Waals surface area contributed by atoms with Crippen LogP contribution in [0.25, 0.3) is 27.3 Å². The van der Waals surface area contributed by atoms with Crippen molar-refractivity contribution in [3.05, 3.63) is 115 Å². The van der Waals surface area contributed by atoms with Crippen LogP contribution in [0.3, 0.4) is 0 Å². The highest BCUT2D eigenvalue weighted by Crippen LogP contribution is 2.35. The van der Waals surface area contributed by atoms with Gasteiger partial charge in [-0.3, -0.25) is 4.40 Å². The van der Waals surface area contributed by atoms with Gasteiger partial charge in [-0.15, -0.1) is 0 Å². The minimum atomic E-state index is -2.30. The number of hydrogen-bond donors (Lipinski definition) is 0. The Morgan fingerprint density at radius 2 is 1.34 bits per heavy atom. The number of aromatic nitrogens is 2. The van der Waals surface area contributed by atoms with Gasteiger partial charge in [-0.05, 0) is 39.5 Å². The van der Waals surface area contributed by atoms with Gasteiger partial charge in [0.2, 0.25) is 0 Å². The van der Waals surface area contributed by atoms with Crippen molar-refractivity contribution in [3.63, 3.8) is 0 Å². The quantitative estimate of drug-likeness (QED) is 0.294. The molecule has 0 amide bonds. The van der Waals surface area contributed by atoms with Gasteiger partial charge in [0, 0.05) is 22.7 Å². The van der Waals surface area contributed by atoms with Crippen LogP contribution in [0.4, 0.5) is 0 Å². The molecule has 2 nitrogen and oxygen atoms in total. The topological polar surface area (TPSA) is 17.3 Å². The molecule has 0 atom stereocenters. The lowest BCUT2D eigenvalue weighted by Gasteiger charge is -2.38. The zero-order valence-corrected chi connectivity index (χ0v) is 18.9. The highest BCUT2D eigenvalue weighted by Gasteiger charge is 2.44. The summed E-state index contributed by atoms with van der Waals surface area (Å²) in [6, 6.07) is 36.9. The fraction of sp³-hybridized carbons (Fsp3) is 0.0690. The molecule has 4 aromatic carbocycles. The van der Waals surface area contributed by atoms with Crippen LogP contribution in [0, 0.1) is 6.92 Å². The SMILES string of the molecule is Cc1ccc2c3c1c1ccccc1c1ncc(n13)C[Si]2(c1ccccc1)c1ccccc1. The van der Waals surface area contributed by atoms with E-state index in [0.29, 0.717) is 0 Å². The molecule has 32 heavy (non-hydrogen) atoms. The largest absolute Gasteiger partial charge is 0.296 e. The molecule has 0 N–H and O–H groups in total. The third-order valence-corrected chi connectivity index (χ3v) is 12.2. The third-order valence-electron chi connectivity index (χ3n) is 7.32. The number of imidazole rings is 1. The molecule has 1 aliphatic rings. The van der Waals surface area contributed by atoms with Gasteiger partial charge in [0.15, 0.2) is 8.07 Å². The molecule has 7 rings (SSSR count). The molecule has 3 heterocycles. The van der Waals surface area contributed by atoms with Crippen molar-refractivity contribution in [2.45, 2.75) is 13.0 Å². The minimum Gasteiger partial charge on any atom is -0.296 e. The van der Waals surface area contributed by atoms with Crippen LogP contribution in [-0.4, -0.2) is 17.5 Å². The maximum Gasteiger partial charge on any atom is 0.156 e.